The summed E-state index contributed by atoms with van der Waals surface area (Å²) in [4.78, 5) is 37.5. The molecule has 0 unspecified atom stereocenters. The Balaban J connectivity index is 2.14. The van der Waals surface area contributed by atoms with Crippen LogP contribution in [-0.2, 0) is 11.2 Å². The molecule has 0 bridgehead atoms. The average molecular weight is 405 g/mol. The number of aromatic hydroxyl groups is 1. The van der Waals surface area contributed by atoms with Gasteiger partial charge in [-0.1, -0.05) is 29.8 Å². The van der Waals surface area contributed by atoms with E-state index in [1.165, 1.54) is 6.07 Å². The number of carbonyl (C=O) groups excluding carboxylic acids is 1. The first-order valence-electron chi connectivity index (χ1n) is 8.08. The number of aromatic nitrogens is 1. The number of carbonyl (C=O) groups is 2. The Morgan fingerprint density at radius 2 is 1.89 bits per heavy atom. The first kappa shape index (κ1) is 19.4. The molecule has 0 atom stereocenters. The molecule has 0 aliphatic heterocycles. The Labute approximate surface area is 162 Å². The van der Waals surface area contributed by atoms with Gasteiger partial charge in [0.2, 0.25) is 0 Å². The lowest BCUT2D eigenvalue weighted by molar-refractivity contribution is -0.135. The van der Waals surface area contributed by atoms with Crippen LogP contribution in [0.3, 0.4) is 0 Å². The fourth-order valence-corrected chi connectivity index (χ4v) is 3.06. The van der Waals surface area contributed by atoms with Crippen LogP contribution in [0.15, 0.2) is 41.2 Å². The van der Waals surface area contributed by atoms with E-state index in [0.29, 0.717) is 16.1 Å². The standard InChI is InChI=1S/C19H14ClFN2O5/c20-13-4-2-1-3-9(13)5-10-6-11(21)7-12-16(10)23-19(28)15(17(12)26)18(27)22-8-14(24)25/h1-4,6-7H,5,8H2,(H,22,27)(H,24,25)(H2,23,26,28). The highest BCUT2D eigenvalue weighted by atomic mass is 35.5. The topological polar surface area (TPSA) is 119 Å². The molecule has 0 spiro atoms. The van der Waals surface area contributed by atoms with Crippen molar-refractivity contribution in [3.63, 3.8) is 0 Å². The van der Waals surface area contributed by atoms with Crippen LogP contribution >= 0.6 is 11.6 Å². The number of carboxylic acids is 1. The summed E-state index contributed by atoms with van der Waals surface area (Å²) in [5, 5.41) is 21.4. The molecule has 0 aliphatic carbocycles. The van der Waals surface area contributed by atoms with Gasteiger partial charge in [-0.15, -0.1) is 0 Å². The second kappa shape index (κ2) is 7.69. The van der Waals surface area contributed by atoms with Gasteiger partial charge in [-0.25, -0.2) is 4.39 Å². The van der Waals surface area contributed by atoms with Crippen molar-refractivity contribution in [2.45, 2.75) is 6.42 Å². The first-order chi connectivity index (χ1) is 13.3. The normalized spacial score (nSPS) is 10.8. The predicted molar refractivity (Wildman–Crippen MR) is 100 cm³/mol. The molecule has 28 heavy (non-hydrogen) atoms. The molecular weight excluding hydrogens is 391 g/mol. The van der Waals surface area contributed by atoms with Crippen molar-refractivity contribution in [3.8, 4) is 5.75 Å². The van der Waals surface area contributed by atoms with Crippen LogP contribution in [0.1, 0.15) is 21.5 Å². The van der Waals surface area contributed by atoms with E-state index in [1.807, 2.05) is 5.32 Å². The Morgan fingerprint density at radius 3 is 2.57 bits per heavy atom. The van der Waals surface area contributed by atoms with Gasteiger partial charge in [0.1, 0.15) is 23.7 Å². The van der Waals surface area contributed by atoms with Crippen molar-refractivity contribution < 1.29 is 24.2 Å². The van der Waals surface area contributed by atoms with Crippen LogP contribution in [0.2, 0.25) is 5.02 Å². The number of rotatable bonds is 5. The summed E-state index contributed by atoms with van der Waals surface area (Å²) in [6, 6.07) is 9.09. The molecule has 0 saturated heterocycles. The first-order valence-corrected chi connectivity index (χ1v) is 8.46. The summed E-state index contributed by atoms with van der Waals surface area (Å²) < 4.78 is 14.2. The maximum absolute atomic E-state index is 14.2. The minimum atomic E-state index is -1.32. The molecule has 144 valence electrons. The van der Waals surface area contributed by atoms with Gasteiger partial charge in [-0.05, 0) is 29.3 Å². The molecule has 4 N–H and O–H groups in total. The predicted octanol–water partition coefficient (Wildman–Crippen LogP) is 2.43. The molecule has 0 saturated carbocycles. The number of halogens is 2. The number of carboxylic acid groups (broad SMARTS) is 1. The number of pyridine rings is 1. The second-order valence-corrected chi connectivity index (χ2v) is 6.42. The van der Waals surface area contributed by atoms with Crippen molar-refractivity contribution in [2.24, 2.45) is 0 Å². The van der Waals surface area contributed by atoms with Gasteiger partial charge in [-0.2, -0.15) is 0 Å². The largest absolute Gasteiger partial charge is 0.506 e. The second-order valence-electron chi connectivity index (χ2n) is 6.01. The lowest BCUT2D eigenvalue weighted by atomic mass is 10.00. The minimum Gasteiger partial charge on any atom is -0.506 e. The molecule has 0 aliphatic rings. The molecule has 9 heteroatoms. The van der Waals surface area contributed by atoms with Crippen LogP contribution in [0, 0.1) is 5.82 Å². The van der Waals surface area contributed by atoms with Crippen LogP contribution in [0.5, 0.6) is 5.75 Å². The molecular formula is C19H14ClFN2O5. The molecule has 1 aromatic heterocycles. The number of hydrogen-bond acceptors (Lipinski definition) is 4. The molecule has 2 aromatic carbocycles. The van der Waals surface area contributed by atoms with E-state index in [1.54, 1.807) is 24.3 Å². The van der Waals surface area contributed by atoms with Crippen LogP contribution in [-0.4, -0.2) is 33.6 Å². The summed E-state index contributed by atoms with van der Waals surface area (Å²) in [6.07, 6.45) is 0.174. The van der Waals surface area contributed by atoms with Crippen LogP contribution < -0.4 is 10.9 Å². The molecule has 3 aromatic rings. The summed E-state index contributed by atoms with van der Waals surface area (Å²) in [5.74, 6) is -3.83. The summed E-state index contributed by atoms with van der Waals surface area (Å²) in [6.45, 7) is -0.739. The Hall–Kier alpha value is -3.39. The lowest BCUT2D eigenvalue weighted by Crippen LogP contribution is -2.33. The third-order valence-electron chi connectivity index (χ3n) is 4.11. The van der Waals surface area contributed by atoms with E-state index in [2.05, 4.69) is 4.98 Å². The summed E-state index contributed by atoms with van der Waals surface area (Å²) in [7, 11) is 0. The number of amides is 1. The summed E-state index contributed by atoms with van der Waals surface area (Å²) >= 11 is 6.14. The summed E-state index contributed by atoms with van der Waals surface area (Å²) in [5.41, 5.74) is -0.436. The number of benzene rings is 2. The number of H-pyrrole nitrogens is 1. The quantitative estimate of drug-likeness (QED) is 0.520. The van der Waals surface area contributed by atoms with Gasteiger partial charge < -0.3 is 20.5 Å². The number of fused-ring (bicyclic) bond motifs is 1. The molecule has 1 amide bonds. The monoisotopic (exact) mass is 404 g/mol. The van der Waals surface area contributed by atoms with E-state index >= 15 is 0 Å². The van der Waals surface area contributed by atoms with Gasteiger partial charge in [0, 0.05) is 16.8 Å². The number of nitrogens with one attached hydrogen (secondary N) is 2. The Morgan fingerprint density at radius 1 is 1.18 bits per heavy atom. The van der Waals surface area contributed by atoms with Gasteiger partial charge >= 0.3 is 5.97 Å². The number of aromatic amines is 1. The van der Waals surface area contributed by atoms with E-state index in [4.69, 9.17) is 16.7 Å². The number of hydrogen-bond donors (Lipinski definition) is 4. The molecule has 3 rings (SSSR count). The lowest BCUT2D eigenvalue weighted by Gasteiger charge is -2.12. The van der Waals surface area contributed by atoms with Gasteiger partial charge in [0.25, 0.3) is 11.5 Å². The van der Waals surface area contributed by atoms with Crippen molar-refractivity contribution in [1.29, 1.82) is 0 Å². The Kier molecular flexibility index (Phi) is 5.32. The zero-order chi connectivity index (χ0) is 20.4. The molecule has 1 heterocycles. The molecule has 7 nitrogen and oxygen atoms in total. The third-order valence-corrected chi connectivity index (χ3v) is 4.48. The molecule has 0 radical (unpaired) electrons. The highest BCUT2D eigenvalue weighted by Crippen LogP contribution is 2.30. The van der Waals surface area contributed by atoms with E-state index in [-0.39, 0.29) is 17.3 Å². The van der Waals surface area contributed by atoms with E-state index in [9.17, 15) is 23.9 Å². The Bertz CT molecular complexity index is 1160. The van der Waals surface area contributed by atoms with Crippen molar-refractivity contribution in [2.75, 3.05) is 6.54 Å². The number of aliphatic carboxylic acids is 1. The van der Waals surface area contributed by atoms with Gasteiger partial charge in [0.15, 0.2) is 0 Å². The van der Waals surface area contributed by atoms with E-state index in [0.717, 1.165) is 6.07 Å². The highest BCUT2D eigenvalue weighted by Gasteiger charge is 2.21. The average Bonchev–Trinajstić information content (AvgIpc) is 2.63. The van der Waals surface area contributed by atoms with Crippen LogP contribution in [0.4, 0.5) is 4.39 Å². The van der Waals surface area contributed by atoms with Crippen molar-refractivity contribution in [3.05, 3.63) is 74.3 Å². The zero-order valence-corrected chi connectivity index (χ0v) is 15.0. The van der Waals surface area contributed by atoms with Crippen molar-refractivity contribution in [1.82, 2.24) is 10.3 Å². The van der Waals surface area contributed by atoms with Gasteiger partial charge in [0.05, 0.1) is 5.52 Å². The fourth-order valence-electron chi connectivity index (χ4n) is 2.86. The third kappa shape index (κ3) is 3.81. The van der Waals surface area contributed by atoms with Crippen molar-refractivity contribution >= 4 is 34.4 Å². The maximum atomic E-state index is 14.2. The molecule has 0 fully saturated rings. The van der Waals surface area contributed by atoms with E-state index < -0.39 is 41.1 Å². The van der Waals surface area contributed by atoms with Gasteiger partial charge in [-0.3, -0.25) is 14.4 Å². The smallest absolute Gasteiger partial charge is 0.322 e. The zero-order valence-electron chi connectivity index (χ0n) is 14.3. The SMILES string of the molecule is O=C(O)CNC(=O)c1c(O)c2cc(F)cc(Cc3ccccc3Cl)c2[nH]c1=O. The maximum Gasteiger partial charge on any atom is 0.322 e. The minimum absolute atomic E-state index is 0.0814. The van der Waals surface area contributed by atoms with Crippen LogP contribution in [0.25, 0.3) is 10.9 Å². The highest BCUT2D eigenvalue weighted by molar-refractivity contribution is 6.31. The fraction of sp³-hybridized carbons (Fsp3) is 0.105.